The molecule has 1 heterocycles. The molecule has 8 heteroatoms. The van der Waals surface area contributed by atoms with E-state index in [2.05, 4.69) is 16.8 Å². The van der Waals surface area contributed by atoms with E-state index in [1.165, 1.54) is 11.0 Å². The summed E-state index contributed by atoms with van der Waals surface area (Å²) in [7, 11) is 5.45. The summed E-state index contributed by atoms with van der Waals surface area (Å²) in [6, 6.07) is 4.81. The van der Waals surface area contributed by atoms with Crippen LogP contribution in [0.1, 0.15) is 26.3 Å². The monoisotopic (exact) mass is 377 g/mol. The Kier molecular flexibility index (Phi) is 9.29. The SMILES string of the molecule is CN1CCN(Cc2ccc(C(=O)O)cc2C(=O)N(C)C)CC1.Cl.Cl. The summed E-state index contributed by atoms with van der Waals surface area (Å²) in [5, 5.41) is 9.13. The van der Waals surface area contributed by atoms with Crippen LogP contribution in [0.4, 0.5) is 0 Å². The highest BCUT2D eigenvalue weighted by Gasteiger charge is 2.20. The van der Waals surface area contributed by atoms with Crippen LogP contribution in [0.2, 0.25) is 0 Å². The molecule has 0 radical (unpaired) electrons. The Morgan fingerprint density at radius 1 is 1.12 bits per heavy atom. The largest absolute Gasteiger partial charge is 0.478 e. The number of carboxylic acid groups (broad SMARTS) is 1. The van der Waals surface area contributed by atoms with E-state index >= 15 is 0 Å². The summed E-state index contributed by atoms with van der Waals surface area (Å²) in [6.45, 7) is 4.58. The van der Waals surface area contributed by atoms with Gasteiger partial charge >= 0.3 is 5.97 Å². The van der Waals surface area contributed by atoms with Gasteiger partial charge in [0.25, 0.3) is 5.91 Å². The number of halogens is 2. The van der Waals surface area contributed by atoms with Crippen LogP contribution in [-0.4, -0.2) is 79.0 Å². The fourth-order valence-electron chi connectivity index (χ4n) is 2.53. The molecule has 1 aliphatic heterocycles. The summed E-state index contributed by atoms with van der Waals surface area (Å²) < 4.78 is 0. The van der Waals surface area contributed by atoms with Gasteiger partial charge in [-0.15, -0.1) is 24.8 Å². The zero-order valence-electron chi connectivity index (χ0n) is 14.2. The number of hydrogen-bond donors (Lipinski definition) is 1. The van der Waals surface area contributed by atoms with Gasteiger partial charge in [-0.2, -0.15) is 0 Å². The molecule has 1 N–H and O–H groups in total. The second-order valence-corrected chi connectivity index (χ2v) is 5.96. The van der Waals surface area contributed by atoms with Crippen molar-refractivity contribution >= 4 is 36.7 Å². The van der Waals surface area contributed by atoms with Crippen LogP contribution in [0.25, 0.3) is 0 Å². The lowest BCUT2D eigenvalue weighted by Gasteiger charge is -2.32. The lowest BCUT2D eigenvalue weighted by molar-refractivity contribution is 0.0697. The topological polar surface area (TPSA) is 64.1 Å². The van der Waals surface area contributed by atoms with Gasteiger partial charge < -0.3 is 14.9 Å². The standard InChI is InChI=1S/C16H23N3O3.2ClH/c1-17(2)15(20)14-10-12(16(21)22)4-5-13(14)11-19-8-6-18(3)7-9-19;;/h4-5,10H,6-9,11H2,1-3H3,(H,21,22);2*1H. The number of benzene rings is 1. The lowest BCUT2D eigenvalue weighted by atomic mass is 10.0. The zero-order chi connectivity index (χ0) is 16.3. The number of amides is 1. The summed E-state index contributed by atoms with van der Waals surface area (Å²) in [4.78, 5) is 29.5. The Bertz CT molecular complexity index is 574. The molecule has 0 saturated carbocycles. The van der Waals surface area contributed by atoms with E-state index in [0.29, 0.717) is 12.1 Å². The predicted octanol–water partition coefficient (Wildman–Crippen LogP) is 1.68. The fourth-order valence-corrected chi connectivity index (χ4v) is 2.53. The Morgan fingerprint density at radius 2 is 1.71 bits per heavy atom. The Labute approximate surface area is 155 Å². The van der Waals surface area contributed by atoms with Crippen molar-refractivity contribution in [3.8, 4) is 0 Å². The maximum Gasteiger partial charge on any atom is 0.335 e. The highest BCUT2D eigenvalue weighted by molar-refractivity contribution is 5.98. The van der Waals surface area contributed by atoms with Crippen LogP contribution in [0.5, 0.6) is 0 Å². The third-order valence-corrected chi connectivity index (χ3v) is 3.98. The van der Waals surface area contributed by atoms with E-state index < -0.39 is 5.97 Å². The molecule has 0 spiro atoms. The number of carboxylic acids is 1. The van der Waals surface area contributed by atoms with Crippen molar-refractivity contribution < 1.29 is 14.7 Å². The number of carbonyl (C=O) groups excluding carboxylic acids is 1. The minimum atomic E-state index is -1.01. The van der Waals surface area contributed by atoms with Gasteiger partial charge in [0.05, 0.1) is 5.56 Å². The highest BCUT2D eigenvalue weighted by Crippen LogP contribution is 2.17. The van der Waals surface area contributed by atoms with Crippen molar-refractivity contribution in [3.63, 3.8) is 0 Å². The molecule has 1 aromatic carbocycles. The van der Waals surface area contributed by atoms with Gasteiger partial charge in [-0.1, -0.05) is 6.07 Å². The number of piperazine rings is 1. The Morgan fingerprint density at radius 3 is 2.21 bits per heavy atom. The van der Waals surface area contributed by atoms with Gasteiger partial charge in [-0.25, -0.2) is 4.79 Å². The Hall–Kier alpha value is -1.34. The van der Waals surface area contributed by atoms with Crippen molar-refractivity contribution in [2.45, 2.75) is 6.54 Å². The normalized spacial score (nSPS) is 15.1. The molecular formula is C16H25Cl2N3O3. The van der Waals surface area contributed by atoms with Crippen LogP contribution >= 0.6 is 24.8 Å². The molecule has 1 amide bonds. The van der Waals surface area contributed by atoms with Gasteiger partial charge in [0.2, 0.25) is 0 Å². The number of hydrogen-bond acceptors (Lipinski definition) is 4. The van der Waals surface area contributed by atoms with Crippen molar-refractivity contribution in [1.29, 1.82) is 0 Å². The third kappa shape index (κ3) is 5.63. The first-order valence-electron chi connectivity index (χ1n) is 7.37. The van der Waals surface area contributed by atoms with E-state index in [0.717, 1.165) is 31.7 Å². The molecule has 0 unspecified atom stereocenters. The van der Waals surface area contributed by atoms with Gasteiger partial charge in [0, 0.05) is 52.4 Å². The van der Waals surface area contributed by atoms with Crippen LogP contribution in [0.3, 0.4) is 0 Å². The molecule has 0 bridgehead atoms. The quantitative estimate of drug-likeness (QED) is 0.864. The van der Waals surface area contributed by atoms with Gasteiger partial charge in [0.1, 0.15) is 0 Å². The first kappa shape index (κ1) is 22.7. The number of carbonyl (C=O) groups is 2. The molecule has 6 nitrogen and oxygen atoms in total. The average molecular weight is 378 g/mol. The number of nitrogens with zero attached hydrogens (tertiary/aromatic N) is 3. The van der Waals surface area contributed by atoms with E-state index in [4.69, 9.17) is 5.11 Å². The molecule has 1 saturated heterocycles. The zero-order valence-corrected chi connectivity index (χ0v) is 15.8. The molecule has 1 fully saturated rings. The van der Waals surface area contributed by atoms with Gasteiger partial charge in [0.15, 0.2) is 0 Å². The van der Waals surface area contributed by atoms with Crippen molar-refractivity contribution in [1.82, 2.24) is 14.7 Å². The van der Waals surface area contributed by atoms with Crippen molar-refractivity contribution in [3.05, 3.63) is 34.9 Å². The summed E-state index contributed by atoms with van der Waals surface area (Å²) >= 11 is 0. The lowest BCUT2D eigenvalue weighted by Crippen LogP contribution is -2.44. The minimum Gasteiger partial charge on any atom is -0.478 e. The number of rotatable bonds is 4. The predicted molar refractivity (Wildman–Crippen MR) is 98.7 cm³/mol. The molecule has 0 aromatic heterocycles. The van der Waals surface area contributed by atoms with Crippen LogP contribution in [-0.2, 0) is 6.54 Å². The second-order valence-electron chi connectivity index (χ2n) is 5.96. The second kappa shape index (κ2) is 9.84. The van der Waals surface area contributed by atoms with Crippen LogP contribution < -0.4 is 0 Å². The summed E-state index contributed by atoms with van der Waals surface area (Å²) in [5.74, 6) is -1.17. The third-order valence-electron chi connectivity index (χ3n) is 3.98. The maximum atomic E-state index is 12.3. The molecule has 1 aliphatic rings. The smallest absolute Gasteiger partial charge is 0.335 e. The fraction of sp³-hybridized carbons (Fsp3) is 0.500. The number of aromatic carboxylic acids is 1. The first-order chi connectivity index (χ1) is 10.4. The summed E-state index contributed by atoms with van der Waals surface area (Å²) in [5.41, 5.74) is 1.50. The van der Waals surface area contributed by atoms with Crippen molar-refractivity contribution in [2.75, 3.05) is 47.3 Å². The van der Waals surface area contributed by atoms with Crippen molar-refractivity contribution in [2.24, 2.45) is 0 Å². The van der Waals surface area contributed by atoms with E-state index in [9.17, 15) is 9.59 Å². The molecule has 1 aromatic rings. The van der Waals surface area contributed by atoms with Crippen LogP contribution in [0, 0.1) is 0 Å². The van der Waals surface area contributed by atoms with E-state index in [1.54, 1.807) is 26.2 Å². The highest BCUT2D eigenvalue weighted by atomic mass is 35.5. The molecular weight excluding hydrogens is 353 g/mol. The minimum absolute atomic E-state index is 0. The number of likely N-dealkylation sites (N-methyl/N-ethyl adjacent to an activating group) is 1. The molecule has 24 heavy (non-hydrogen) atoms. The maximum absolute atomic E-state index is 12.3. The summed E-state index contributed by atoms with van der Waals surface area (Å²) in [6.07, 6.45) is 0. The van der Waals surface area contributed by atoms with Gasteiger partial charge in [-0.05, 0) is 24.7 Å². The van der Waals surface area contributed by atoms with E-state index in [1.807, 2.05) is 0 Å². The molecule has 0 atom stereocenters. The average Bonchev–Trinajstić information content (AvgIpc) is 2.49. The van der Waals surface area contributed by atoms with Gasteiger partial charge in [-0.3, -0.25) is 9.69 Å². The van der Waals surface area contributed by atoms with Crippen LogP contribution in [0.15, 0.2) is 18.2 Å². The Balaban J connectivity index is 0.00000264. The molecule has 2 rings (SSSR count). The molecule has 0 aliphatic carbocycles. The van der Waals surface area contributed by atoms with E-state index in [-0.39, 0.29) is 36.3 Å². The first-order valence-corrected chi connectivity index (χ1v) is 7.37. The molecule has 136 valence electrons.